The first kappa shape index (κ1) is 12.6. The second-order valence-electron chi connectivity index (χ2n) is 5.28. The highest BCUT2D eigenvalue weighted by Crippen LogP contribution is 2.22. The van der Waals surface area contributed by atoms with Gasteiger partial charge in [-0.15, -0.1) is 0 Å². The number of piperazine rings is 1. The summed E-state index contributed by atoms with van der Waals surface area (Å²) in [6.45, 7) is 11.4. The van der Waals surface area contributed by atoms with Crippen LogP contribution in [0.2, 0.25) is 0 Å². The lowest BCUT2D eigenvalue weighted by Crippen LogP contribution is -2.44. The quantitative estimate of drug-likeness (QED) is 0.862. The molecule has 94 valence electrons. The zero-order valence-corrected chi connectivity index (χ0v) is 11.2. The van der Waals surface area contributed by atoms with Crippen molar-refractivity contribution in [2.75, 3.05) is 26.2 Å². The summed E-state index contributed by atoms with van der Waals surface area (Å²) in [4.78, 5) is 2.56. The predicted molar refractivity (Wildman–Crippen MR) is 73.4 cm³/mol. The van der Waals surface area contributed by atoms with Gasteiger partial charge in [0.1, 0.15) is 0 Å². The first-order valence-electron chi connectivity index (χ1n) is 6.73. The highest BCUT2D eigenvalue weighted by atomic mass is 15.2. The molecule has 0 aliphatic carbocycles. The Morgan fingerprint density at radius 2 is 1.47 bits per heavy atom. The fraction of sp³-hybridized carbons (Fsp3) is 0.600. The minimum Gasteiger partial charge on any atom is -0.314 e. The standard InChI is InChI=1S/C15H24N2/c1-12(2)14-4-6-15(7-5-14)13(3)17-10-8-16-9-11-17/h4-7,12-13,16H,8-11H2,1-3H3. The van der Waals surface area contributed by atoms with E-state index < -0.39 is 0 Å². The highest BCUT2D eigenvalue weighted by Gasteiger charge is 2.17. The largest absolute Gasteiger partial charge is 0.314 e. The van der Waals surface area contributed by atoms with Crippen LogP contribution in [0.15, 0.2) is 24.3 Å². The molecule has 1 N–H and O–H groups in total. The third kappa shape index (κ3) is 3.08. The molecule has 1 unspecified atom stereocenters. The molecule has 2 nitrogen and oxygen atoms in total. The average Bonchev–Trinajstić information content (AvgIpc) is 2.39. The number of nitrogens with zero attached hydrogens (tertiary/aromatic N) is 1. The van der Waals surface area contributed by atoms with Crippen molar-refractivity contribution in [2.24, 2.45) is 0 Å². The van der Waals surface area contributed by atoms with E-state index in [2.05, 4.69) is 55.3 Å². The van der Waals surface area contributed by atoms with Gasteiger partial charge in [-0.1, -0.05) is 38.1 Å². The van der Waals surface area contributed by atoms with Crippen molar-refractivity contribution in [3.05, 3.63) is 35.4 Å². The van der Waals surface area contributed by atoms with Crippen molar-refractivity contribution in [3.8, 4) is 0 Å². The summed E-state index contributed by atoms with van der Waals surface area (Å²) in [5, 5.41) is 3.40. The van der Waals surface area contributed by atoms with E-state index in [-0.39, 0.29) is 0 Å². The van der Waals surface area contributed by atoms with Crippen LogP contribution in [-0.4, -0.2) is 31.1 Å². The zero-order chi connectivity index (χ0) is 12.3. The molecule has 0 saturated carbocycles. The monoisotopic (exact) mass is 232 g/mol. The average molecular weight is 232 g/mol. The molecule has 1 aliphatic heterocycles. The molecule has 0 spiro atoms. The van der Waals surface area contributed by atoms with Gasteiger partial charge < -0.3 is 5.32 Å². The Kier molecular flexibility index (Phi) is 4.19. The molecule has 0 amide bonds. The molecule has 1 fully saturated rings. The maximum Gasteiger partial charge on any atom is 0.0320 e. The van der Waals surface area contributed by atoms with E-state index in [1.54, 1.807) is 0 Å². The summed E-state index contributed by atoms with van der Waals surface area (Å²) in [7, 11) is 0. The maximum atomic E-state index is 3.40. The van der Waals surface area contributed by atoms with Crippen molar-refractivity contribution in [3.63, 3.8) is 0 Å². The normalized spacial score (nSPS) is 19.5. The van der Waals surface area contributed by atoms with E-state index in [1.165, 1.54) is 11.1 Å². The smallest absolute Gasteiger partial charge is 0.0320 e. The molecule has 1 heterocycles. The second kappa shape index (κ2) is 5.65. The molecule has 1 atom stereocenters. The number of nitrogens with one attached hydrogen (secondary N) is 1. The Balaban J connectivity index is 2.05. The summed E-state index contributed by atoms with van der Waals surface area (Å²) < 4.78 is 0. The molecular weight excluding hydrogens is 208 g/mol. The van der Waals surface area contributed by atoms with Crippen molar-refractivity contribution in [1.29, 1.82) is 0 Å². The van der Waals surface area contributed by atoms with Crippen LogP contribution in [0.4, 0.5) is 0 Å². The van der Waals surface area contributed by atoms with Crippen LogP contribution in [0.1, 0.15) is 43.9 Å². The zero-order valence-electron chi connectivity index (χ0n) is 11.2. The first-order valence-corrected chi connectivity index (χ1v) is 6.73. The Bertz CT molecular complexity index is 336. The number of benzene rings is 1. The molecule has 1 aromatic carbocycles. The molecule has 2 heteroatoms. The van der Waals surface area contributed by atoms with E-state index in [9.17, 15) is 0 Å². The second-order valence-corrected chi connectivity index (χ2v) is 5.28. The SMILES string of the molecule is CC(C)c1ccc(C(C)N2CCNCC2)cc1. The lowest BCUT2D eigenvalue weighted by atomic mass is 9.99. The lowest BCUT2D eigenvalue weighted by molar-refractivity contribution is 0.185. The summed E-state index contributed by atoms with van der Waals surface area (Å²) in [5.41, 5.74) is 2.87. The van der Waals surface area contributed by atoms with Gasteiger partial charge in [0, 0.05) is 32.2 Å². The molecule has 1 saturated heterocycles. The molecule has 17 heavy (non-hydrogen) atoms. The van der Waals surface area contributed by atoms with Crippen LogP contribution in [-0.2, 0) is 0 Å². The number of hydrogen-bond acceptors (Lipinski definition) is 2. The minimum absolute atomic E-state index is 0.540. The van der Waals surface area contributed by atoms with Gasteiger partial charge in [-0.3, -0.25) is 4.90 Å². The van der Waals surface area contributed by atoms with Gasteiger partial charge in [-0.05, 0) is 24.0 Å². The molecule has 1 aromatic rings. The molecule has 0 aromatic heterocycles. The molecule has 1 aliphatic rings. The van der Waals surface area contributed by atoms with Crippen LogP contribution in [0.25, 0.3) is 0 Å². The van der Waals surface area contributed by atoms with Crippen LogP contribution >= 0.6 is 0 Å². The summed E-state index contributed by atoms with van der Waals surface area (Å²) in [6.07, 6.45) is 0. The van der Waals surface area contributed by atoms with Gasteiger partial charge in [-0.25, -0.2) is 0 Å². The van der Waals surface area contributed by atoms with E-state index >= 15 is 0 Å². The van der Waals surface area contributed by atoms with Crippen molar-refractivity contribution < 1.29 is 0 Å². The fourth-order valence-electron chi connectivity index (χ4n) is 2.44. The van der Waals surface area contributed by atoms with Gasteiger partial charge in [0.25, 0.3) is 0 Å². The molecular formula is C15H24N2. The van der Waals surface area contributed by atoms with Gasteiger partial charge >= 0.3 is 0 Å². The van der Waals surface area contributed by atoms with Crippen LogP contribution in [0.5, 0.6) is 0 Å². The third-order valence-electron chi connectivity index (χ3n) is 3.78. The van der Waals surface area contributed by atoms with E-state index in [0.717, 1.165) is 26.2 Å². The van der Waals surface area contributed by atoms with Crippen LogP contribution < -0.4 is 5.32 Å². The fourth-order valence-corrected chi connectivity index (χ4v) is 2.44. The van der Waals surface area contributed by atoms with E-state index in [0.29, 0.717) is 12.0 Å². The van der Waals surface area contributed by atoms with Crippen molar-refractivity contribution in [1.82, 2.24) is 10.2 Å². The summed E-state index contributed by atoms with van der Waals surface area (Å²) in [5.74, 6) is 0.624. The van der Waals surface area contributed by atoms with Crippen molar-refractivity contribution in [2.45, 2.75) is 32.7 Å². The van der Waals surface area contributed by atoms with Gasteiger partial charge in [0.15, 0.2) is 0 Å². The Morgan fingerprint density at radius 3 is 2.00 bits per heavy atom. The van der Waals surface area contributed by atoms with Crippen LogP contribution in [0, 0.1) is 0 Å². The summed E-state index contributed by atoms with van der Waals surface area (Å²) >= 11 is 0. The third-order valence-corrected chi connectivity index (χ3v) is 3.78. The van der Waals surface area contributed by atoms with Gasteiger partial charge in [0.2, 0.25) is 0 Å². The minimum atomic E-state index is 0.540. The first-order chi connectivity index (χ1) is 8.18. The summed E-state index contributed by atoms with van der Waals surface area (Å²) in [6, 6.07) is 9.68. The maximum absolute atomic E-state index is 3.40. The van der Waals surface area contributed by atoms with Gasteiger partial charge in [0.05, 0.1) is 0 Å². The van der Waals surface area contributed by atoms with E-state index in [1.807, 2.05) is 0 Å². The molecule has 0 bridgehead atoms. The Labute approximate surface area is 105 Å². The molecule has 2 rings (SSSR count). The predicted octanol–water partition coefficient (Wildman–Crippen LogP) is 2.78. The molecule has 0 radical (unpaired) electrons. The lowest BCUT2D eigenvalue weighted by Gasteiger charge is -2.33. The highest BCUT2D eigenvalue weighted by molar-refractivity contribution is 5.26. The van der Waals surface area contributed by atoms with Gasteiger partial charge in [-0.2, -0.15) is 0 Å². The number of rotatable bonds is 3. The van der Waals surface area contributed by atoms with E-state index in [4.69, 9.17) is 0 Å². The Morgan fingerprint density at radius 1 is 0.941 bits per heavy atom. The van der Waals surface area contributed by atoms with Crippen molar-refractivity contribution >= 4 is 0 Å². The van der Waals surface area contributed by atoms with Crippen LogP contribution in [0.3, 0.4) is 0 Å². The Hall–Kier alpha value is -0.860. The topological polar surface area (TPSA) is 15.3 Å². The number of hydrogen-bond donors (Lipinski definition) is 1.